The second-order valence-electron chi connectivity index (χ2n) is 7.86. The van der Waals surface area contributed by atoms with Crippen LogP contribution in [0, 0.1) is 6.92 Å². The summed E-state index contributed by atoms with van der Waals surface area (Å²) in [6.07, 6.45) is 0. The van der Waals surface area contributed by atoms with Crippen LogP contribution >= 0.6 is 0 Å². The molecule has 0 radical (unpaired) electrons. The van der Waals surface area contributed by atoms with Crippen molar-refractivity contribution >= 4 is 32.5 Å². The van der Waals surface area contributed by atoms with Crippen LogP contribution in [-0.2, 0) is 21.4 Å². The summed E-state index contributed by atoms with van der Waals surface area (Å²) in [4.78, 5) is 12.7. The molecule has 0 aliphatic heterocycles. The molecular weight excluding hydrogens is 374 g/mol. The Morgan fingerprint density at radius 1 is 1.04 bits per heavy atom. The van der Waals surface area contributed by atoms with Gasteiger partial charge in [-0.25, -0.2) is 13.1 Å². The van der Waals surface area contributed by atoms with Crippen LogP contribution in [0.2, 0.25) is 0 Å². The fraction of sp³-hybridized carbons (Fsp3) is 0.286. The van der Waals surface area contributed by atoms with Crippen molar-refractivity contribution < 1.29 is 13.2 Å². The summed E-state index contributed by atoms with van der Waals surface area (Å²) in [6.45, 7) is 7.44. The van der Waals surface area contributed by atoms with Gasteiger partial charge < -0.3 is 9.88 Å². The number of hydrogen-bond donors (Lipinski definition) is 2. The van der Waals surface area contributed by atoms with Crippen LogP contribution in [0.3, 0.4) is 0 Å². The highest BCUT2D eigenvalue weighted by Crippen LogP contribution is 2.20. The van der Waals surface area contributed by atoms with Crippen LogP contribution in [0.5, 0.6) is 0 Å². The lowest BCUT2D eigenvalue weighted by atomic mass is 10.1. The van der Waals surface area contributed by atoms with E-state index in [2.05, 4.69) is 10.0 Å². The SMILES string of the molecule is Cc1cc2ccccc2n1CC(=O)Nc1cccc(S(=O)(=O)NC(C)(C)C)c1. The van der Waals surface area contributed by atoms with E-state index in [1.165, 1.54) is 12.1 Å². The molecule has 148 valence electrons. The van der Waals surface area contributed by atoms with Gasteiger partial charge in [0, 0.05) is 22.4 Å². The number of para-hydroxylation sites is 1. The van der Waals surface area contributed by atoms with Crippen molar-refractivity contribution in [3.63, 3.8) is 0 Å². The Hall–Kier alpha value is -2.64. The van der Waals surface area contributed by atoms with E-state index in [0.29, 0.717) is 5.69 Å². The van der Waals surface area contributed by atoms with Crippen molar-refractivity contribution in [2.24, 2.45) is 0 Å². The minimum Gasteiger partial charge on any atom is -0.335 e. The zero-order valence-electron chi connectivity index (χ0n) is 16.5. The number of fused-ring (bicyclic) bond motifs is 1. The summed E-state index contributed by atoms with van der Waals surface area (Å²) in [7, 11) is -3.67. The van der Waals surface area contributed by atoms with Gasteiger partial charge in [-0.1, -0.05) is 24.3 Å². The summed E-state index contributed by atoms with van der Waals surface area (Å²) >= 11 is 0. The Morgan fingerprint density at radius 2 is 1.75 bits per heavy atom. The first-order chi connectivity index (χ1) is 13.0. The lowest BCUT2D eigenvalue weighted by molar-refractivity contribution is -0.116. The molecule has 2 N–H and O–H groups in total. The maximum Gasteiger partial charge on any atom is 0.244 e. The summed E-state index contributed by atoms with van der Waals surface area (Å²) in [6, 6.07) is 16.2. The molecule has 3 aromatic rings. The van der Waals surface area contributed by atoms with Gasteiger partial charge in [-0.3, -0.25) is 4.79 Å². The average molecular weight is 400 g/mol. The number of anilines is 1. The minimum atomic E-state index is -3.67. The number of carbonyl (C=O) groups is 1. The van der Waals surface area contributed by atoms with Gasteiger partial charge in [0.1, 0.15) is 6.54 Å². The Morgan fingerprint density at radius 3 is 2.46 bits per heavy atom. The minimum absolute atomic E-state index is 0.114. The number of nitrogens with zero attached hydrogens (tertiary/aromatic N) is 1. The fourth-order valence-corrected chi connectivity index (χ4v) is 4.57. The summed E-state index contributed by atoms with van der Waals surface area (Å²) < 4.78 is 29.6. The predicted octanol–water partition coefficient (Wildman–Crippen LogP) is 3.67. The van der Waals surface area contributed by atoms with E-state index in [1.807, 2.05) is 41.8 Å². The van der Waals surface area contributed by atoms with E-state index < -0.39 is 15.6 Å². The van der Waals surface area contributed by atoms with Gasteiger partial charge in [-0.2, -0.15) is 0 Å². The molecule has 0 aliphatic rings. The Labute approximate surface area is 165 Å². The number of sulfonamides is 1. The monoisotopic (exact) mass is 399 g/mol. The standard InChI is InChI=1S/C21H25N3O3S/c1-15-12-16-8-5-6-11-19(16)24(15)14-20(25)22-17-9-7-10-18(13-17)28(26,27)23-21(2,3)4/h5-13,23H,14H2,1-4H3,(H,22,25). The van der Waals surface area contributed by atoms with E-state index in [9.17, 15) is 13.2 Å². The van der Waals surface area contributed by atoms with Gasteiger partial charge in [0.25, 0.3) is 0 Å². The zero-order valence-corrected chi connectivity index (χ0v) is 17.3. The molecule has 0 bridgehead atoms. The largest absolute Gasteiger partial charge is 0.335 e. The lowest BCUT2D eigenvalue weighted by Gasteiger charge is -2.20. The molecule has 0 saturated carbocycles. The summed E-state index contributed by atoms with van der Waals surface area (Å²) in [5.41, 5.74) is 1.82. The first kappa shape index (κ1) is 20.1. The van der Waals surface area contributed by atoms with E-state index in [0.717, 1.165) is 16.6 Å². The summed E-state index contributed by atoms with van der Waals surface area (Å²) in [5.74, 6) is -0.220. The Kier molecular flexibility index (Phi) is 5.32. The summed E-state index contributed by atoms with van der Waals surface area (Å²) in [5, 5.41) is 3.87. The Bertz CT molecular complexity index is 1130. The van der Waals surface area contributed by atoms with Crippen molar-refractivity contribution in [2.75, 3.05) is 5.32 Å². The smallest absolute Gasteiger partial charge is 0.244 e. The van der Waals surface area contributed by atoms with Crippen molar-refractivity contribution in [3.8, 4) is 0 Å². The number of carbonyl (C=O) groups excluding carboxylic acids is 1. The van der Waals surface area contributed by atoms with Gasteiger partial charge in [-0.05, 0) is 63.4 Å². The topological polar surface area (TPSA) is 80.2 Å². The van der Waals surface area contributed by atoms with Crippen molar-refractivity contribution in [3.05, 3.63) is 60.3 Å². The zero-order chi connectivity index (χ0) is 20.5. The number of aromatic nitrogens is 1. The quantitative estimate of drug-likeness (QED) is 0.687. The van der Waals surface area contributed by atoms with Crippen molar-refractivity contribution in [1.29, 1.82) is 0 Å². The molecule has 28 heavy (non-hydrogen) atoms. The van der Waals surface area contributed by atoms with Crippen molar-refractivity contribution in [1.82, 2.24) is 9.29 Å². The Balaban J connectivity index is 1.79. The van der Waals surface area contributed by atoms with Crippen molar-refractivity contribution in [2.45, 2.75) is 44.7 Å². The highest BCUT2D eigenvalue weighted by molar-refractivity contribution is 7.89. The molecule has 1 amide bonds. The molecule has 0 atom stereocenters. The number of rotatable bonds is 5. The normalized spacial score (nSPS) is 12.3. The van der Waals surface area contributed by atoms with Gasteiger partial charge in [0.05, 0.1) is 4.90 Å². The van der Waals surface area contributed by atoms with Crippen LogP contribution in [-0.4, -0.2) is 24.4 Å². The third kappa shape index (κ3) is 4.61. The maximum atomic E-state index is 12.6. The molecule has 0 aliphatic carbocycles. The van der Waals surface area contributed by atoms with Gasteiger partial charge in [0.15, 0.2) is 0 Å². The molecule has 1 aromatic heterocycles. The highest BCUT2D eigenvalue weighted by Gasteiger charge is 2.22. The molecular formula is C21H25N3O3S. The molecule has 6 nitrogen and oxygen atoms in total. The molecule has 0 unspecified atom stereocenters. The third-order valence-electron chi connectivity index (χ3n) is 4.19. The van der Waals surface area contributed by atoms with Gasteiger partial charge in [0.2, 0.25) is 15.9 Å². The lowest BCUT2D eigenvalue weighted by Crippen LogP contribution is -2.40. The second-order valence-corrected chi connectivity index (χ2v) is 9.54. The van der Waals surface area contributed by atoms with Gasteiger partial charge in [-0.15, -0.1) is 0 Å². The molecule has 0 fully saturated rings. The first-order valence-electron chi connectivity index (χ1n) is 9.04. The number of amides is 1. The van der Waals surface area contributed by atoms with E-state index >= 15 is 0 Å². The fourth-order valence-electron chi connectivity index (χ4n) is 3.11. The second kappa shape index (κ2) is 7.41. The molecule has 1 heterocycles. The predicted molar refractivity (Wildman–Crippen MR) is 112 cm³/mol. The third-order valence-corrected chi connectivity index (χ3v) is 5.94. The number of benzene rings is 2. The molecule has 2 aromatic carbocycles. The van der Waals surface area contributed by atoms with Crippen LogP contribution < -0.4 is 10.0 Å². The van der Waals surface area contributed by atoms with E-state index in [1.54, 1.807) is 32.9 Å². The number of nitrogens with one attached hydrogen (secondary N) is 2. The number of hydrogen-bond acceptors (Lipinski definition) is 3. The van der Waals surface area contributed by atoms with Crippen LogP contribution in [0.25, 0.3) is 10.9 Å². The van der Waals surface area contributed by atoms with E-state index in [4.69, 9.17) is 0 Å². The molecule has 3 rings (SSSR count). The number of aryl methyl sites for hydroxylation is 1. The van der Waals surface area contributed by atoms with Crippen LogP contribution in [0.4, 0.5) is 5.69 Å². The van der Waals surface area contributed by atoms with Crippen LogP contribution in [0.15, 0.2) is 59.5 Å². The molecule has 0 saturated heterocycles. The van der Waals surface area contributed by atoms with E-state index in [-0.39, 0.29) is 17.3 Å². The van der Waals surface area contributed by atoms with Gasteiger partial charge >= 0.3 is 0 Å². The molecule has 7 heteroatoms. The molecule has 0 spiro atoms. The maximum absolute atomic E-state index is 12.6. The first-order valence-corrected chi connectivity index (χ1v) is 10.5. The van der Waals surface area contributed by atoms with Crippen LogP contribution in [0.1, 0.15) is 26.5 Å². The average Bonchev–Trinajstić information content (AvgIpc) is 2.89. The highest BCUT2D eigenvalue weighted by atomic mass is 32.2.